The van der Waals surface area contributed by atoms with E-state index >= 15 is 0 Å². The van der Waals surface area contributed by atoms with E-state index < -0.39 is 6.04 Å². The summed E-state index contributed by atoms with van der Waals surface area (Å²) in [6.45, 7) is 5.01. The molecule has 1 amide bonds. The summed E-state index contributed by atoms with van der Waals surface area (Å²) < 4.78 is 15.8. The lowest BCUT2D eigenvalue weighted by molar-refractivity contribution is -0.148. The molecule has 8 nitrogen and oxygen atoms in total. The van der Waals surface area contributed by atoms with Crippen LogP contribution in [0, 0.1) is 0 Å². The normalized spacial score (nSPS) is 17.9. The van der Waals surface area contributed by atoms with Crippen molar-refractivity contribution < 1.29 is 23.8 Å². The number of piperazine rings is 1. The Kier molecular flexibility index (Phi) is 7.37. The number of fused-ring (bicyclic) bond motifs is 1. The summed E-state index contributed by atoms with van der Waals surface area (Å²) in [4.78, 5) is 29.3. The van der Waals surface area contributed by atoms with Crippen molar-refractivity contribution in [1.29, 1.82) is 0 Å². The molecule has 2 aliphatic rings. The molecule has 33 heavy (non-hydrogen) atoms. The maximum Gasteiger partial charge on any atom is 0.327 e. The van der Waals surface area contributed by atoms with Gasteiger partial charge in [0.05, 0.1) is 19.7 Å². The number of nitrogens with zero attached hydrogens (tertiary/aromatic N) is 2. The van der Waals surface area contributed by atoms with Gasteiger partial charge in [-0.1, -0.05) is 35.9 Å². The van der Waals surface area contributed by atoms with Crippen LogP contribution in [0.2, 0.25) is 5.02 Å². The Balaban J connectivity index is 1.31. The molecule has 0 aromatic heterocycles. The van der Waals surface area contributed by atoms with Crippen molar-refractivity contribution >= 4 is 23.5 Å². The van der Waals surface area contributed by atoms with E-state index in [4.69, 9.17) is 25.8 Å². The number of methoxy groups -OCH3 is 1. The van der Waals surface area contributed by atoms with Gasteiger partial charge in [-0.25, -0.2) is 4.79 Å². The molecule has 1 saturated heterocycles. The topological polar surface area (TPSA) is 80.3 Å². The monoisotopic (exact) mass is 473 g/mol. The van der Waals surface area contributed by atoms with Crippen molar-refractivity contribution in [2.24, 2.45) is 0 Å². The highest BCUT2D eigenvalue weighted by molar-refractivity contribution is 6.31. The Labute approximate surface area is 198 Å². The number of carbonyl (C=O) groups is 2. The molecule has 0 saturated carbocycles. The van der Waals surface area contributed by atoms with Crippen LogP contribution in [0.1, 0.15) is 30.1 Å². The van der Waals surface area contributed by atoms with E-state index in [9.17, 15) is 9.59 Å². The van der Waals surface area contributed by atoms with Crippen LogP contribution >= 0.6 is 11.6 Å². The fraction of sp³-hybridized carbons (Fsp3) is 0.417. The molecule has 0 spiro atoms. The van der Waals surface area contributed by atoms with E-state index in [1.54, 1.807) is 6.07 Å². The first-order valence-corrected chi connectivity index (χ1v) is 11.3. The van der Waals surface area contributed by atoms with Crippen LogP contribution in [0.4, 0.5) is 0 Å². The predicted octanol–water partition coefficient (Wildman–Crippen LogP) is 2.78. The third-order valence-electron chi connectivity index (χ3n) is 6.04. The molecular weight excluding hydrogens is 446 g/mol. The van der Waals surface area contributed by atoms with E-state index in [1.807, 2.05) is 43.3 Å². The molecule has 9 heteroatoms. The minimum absolute atomic E-state index is 0.0516. The third-order valence-corrected chi connectivity index (χ3v) is 6.38. The van der Waals surface area contributed by atoms with E-state index in [2.05, 4.69) is 15.1 Å². The first-order valence-electron chi connectivity index (χ1n) is 10.9. The van der Waals surface area contributed by atoms with Gasteiger partial charge in [0.15, 0.2) is 11.5 Å². The highest BCUT2D eigenvalue weighted by Crippen LogP contribution is 2.34. The summed E-state index contributed by atoms with van der Waals surface area (Å²) in [7, 11) is 1.38. The summed E-state index contributed by atoms with van der Waals surface area (Å²) in [6.07, 6.45) is 0. The number of hydrogen-bond donors (Lipinski definition) is 1. The van der Waals surface area contributed by atoms with E-state index in [0.29, 0.717) is 37.0 Å². The van der Waals surface area contributed by atoms with Gasteiger partial charge in [-0.05, 0) is 36.2 Å². The number of hydrogen-bond acceptors (Lipinski definition) is 7. The van der Waals surface area contributed by atoms with Gasteiger partial charge >= 0.3 is 5.97 Å². The minimum atomic E-state index is -0.564. The van der Waals surface area contributed by atoms with Gasteiger partial charge in [0, 0.05) is 31.2 Å². The second-order valence-electron chi connectivity index (χ2n) is 8.16. The van der Waals surface area contributed by atoms with Crippen molar-refractivity contribution in [3.05, 3.63) is 58.6 Å². The summed E-state index contributed by atoms with van der Waals surface area (Å²) in [6, 6.07) is 12.3. The van der Waals surface area contributed by atoms with Gasteiger partial charge in [-0.15, -0.1) is 0 Å². The fourth-order valence-electron chi connectivity index (χ4n) is 4.22. The number of amides is 1. The lowest BCUT2D eigenvalue weighted by Crippen LogP contribution is -2.51. The van der Waals surface area contributed by atoms with Crippen molar-refractivity contribution in [1.82, 2.24) is 15.1 Å². The van der Waals surface area contributed by atoms with Gasteiger partial charge in [0.2, 0.25) is 12.7 Å². The van der Waals surface area contributed by atoms with Crippen LogP contribution in [0.25, 0.3) is 0 Å². The van der Waals surface area contributed by atoms with Gasteiger partial charge in [-0.2, -0.15) is 0 Å². The molecule has 4 rings (SSSR count). The summed E-state index contributed by atoms with van der Waals surface area (Å²) >= 11 is 6.35. The Bertz CT molecular complexity index is 1010. The quantitative estimate of drug-likeness (QED) is 0.619. The number of ether oxygens (including phenoxy) is 3. The van der Waals surface area contributed by atoms with Crippen molar-refractivity contribution in [3.8, 4) is 11.5 Å². The molecule has 176 valence electrons. The highest BCUT2D eigenvalue weighted by atomic mass is 35.5. The minimum Gasteiger partial charge on any atom is -0.468 e. The molecule has 1 N–H and O–H groups in total. The van der Waals surface area contributed by atoms with Gasteiger partial charge in [0.1, 0.15) is 6.04 Å². The van der Waals surface area contributed by atoms with E-state index in [1.165, 1.54) is 7.11 Å². The van der Waals surface area contributed by atoms with Crippen LogP contribution in [0.5, 0.6) is 11.5 Å². The lowest BCUT2D eigenvalue weighted by Gasteiger charge is -2.38. The molecule has 1 fully saturated rings. The first-order chi connectivity index (χ1) is 16.0. The highest BCUT2D eigenvalue weighted by Gasteiger charge is 2.33. The van der Waals surface area contributed by atoms with E-state index in [-0.39, 0.29) is 31.3 Å². The maximum atomic E-state index is 12.7. The van der Waals surface area contributed by atoms with Crippen LogP contribution in [-0.2, 0) is 14.3 Å². The summed E-state index contributed by atoms with van der Waals surface area (Å²) in [5.41, 5.74) is 1.69. The number of halogens is 1. The number of carbonyl (C=O) groups excluding carboxylic acids is 2. The number of nitrogens with one attached hydrogen (secondary N) is 1. The molecular formula is C24H28ClN3O5. The molecule has 2 aliphatic heterocycles. The van der Waals surface area contributed by atoms with Crippen LogP contribution in [0.15, 0.2) is 42.5 Å². The Hall–Kier alpha value is -2.81. The second kappa shape index (κ2) is 10.4. The smallest absolute Gasteiger partial charge is 0.327 e. The Morgan fingerprint density at radius 1 is 1.09 bits per heavy atom. The van der Waals surface area contributed by atoms with E-state index in [0.717, 1.165) is 16.9 Å². The average molecular weight is 474 g/mol. The van der Waals surface area contributed by atoms with Crippen molar-refractivity contribution in [2.45, 2.75) is 19.0 Å². The molecule has 2 aromatic carbocycles. The number of rotatable bonds is 7. The zero-order valence-electron chi connectivity index (χ0n) is 18.8. The van der Waals surface area contributed by atoms with Gasteiger partial charge < -0.3 is 19.5 Å². The lowest BCUT2D eigenvalue weighted by atomic mass is 10.0. The molecule has 2 unspecified atom stereocenters. The largest absolute Gasteiger partial charge is 0.468 e. The number of benzene rings is 2. The predicted molar refractivity (Wildman–Crippen MR) is 123 cm³/mol. The second-order valence-corrected chi connectivity index (χ2v) is 8.57. The molecule has 0 aliphatic carbocycles. The van der Waals surface area contributed by atoms with Gasteiger partial charge in [-0.3, -0.25) is 14.6 Å². The standard InChI is InChI=1S/C24H28ClN3O5/c1-16(17-7-8-20-21(13-17)33-15-32-20)26-22(29)14-27-9-11-28(12-10-27)23(24(30)31-2)18-5-3-4-6-19(18)25/h3-8,13,16,23H,9-12,14-15H2,1-2H3,(H,26,29). The molecule has 0 radical (unpaired) electrons. The van der Waals surface area contributed by atoms with Crippen molar-refractivity contribution in [3.63, 3.8) is 0 Å². The first kappa shape index (κ1) is 23.4. The Morgan fingerprint density at radius 3 is 2.55 bits per heavy atom. The van der Waals surface area contributed by atoms with Crippen LogP contribution < -0.4 is 14.8 Å². The van der Waals surface area contributed by atoms with Crippen LogP contribution in [0.3, 0.4) is 0 Å². The molecule has 2 heterocycles. The number of esters is 1. The zero-order valence-corrected chi connectivity index (χ0v) is 19.5. The van der Waals surface area contributed by atoms with Gasteiger partial charge in [0.25, 0.3) is 0 Å². The summed E-state index contributed by atoms with van der Waals surface area (Å²) in [5, 5.41) is 3.58. The fourth-order valence-corrected chi connectivity index (χ4v) is 4.46. The molecule has 2 atom stereocenters. The summed E-state index contributed by atoms with van der Waals surface area (Å²) in [5.74, 6) is 1.02. The van der Waals surface area contributed by atoms with Crippen molar-refractivity contribution in [2.75, 3.05) is 46.6 Å². The van der Waals surface area contributed by atoms with Crippen LogP contribution in [-0.4, -0.2) is 68.3 Å². The average Bonchev–Trinajstić information content (AvgIpc) is 3.29. The molecule has 2 aromatic rings. The maximum absolute atomic E-state index is 12.7. The third kappa shape index (κ3) is 5.40. The molecule has 0 bridgehead atoms. The zero-order chi connectivity index (χ0) is 23.4. The SMILES string of the molecule is COC(=O)C(c1ccccc1Cl)N1CCN(CC(=O)NC(C)c2ccc3c(c2)OCO3)CC1. The Morgan fingerprint density at radius 2 is 1.82 bits per heavy atom.